The van der Waals surface area contributed by atoms with Crippen molar-refractivity contribution < 1.29 is 18.0 Å². The molecule has 1 aromatic rings. The number of rotatable bonds is 3. The summed E-state index contributed by atoms with van der Waals surface area (Å²) in [6, 6.07) is 5.09. The van der Waals surface area contributed by atoms with Gasteiger partial charge in [-0.3, -0.25) is 9.59 Å². The molecule has 1 aromatic carbocycles. The maximum atomic E-state index is 13.2. The average molecular weight is 449 g/mol. The monoisotopic (exact) mass is 448 g/mol. The van der Waals surface area contributed by atoms with Crippen molar-refractivity contribution in [1.29, 1.82) is 0 Å². The maximum absolute atomic E-state index is 13.2. The highest BCUT2D eigenvalue weighted by molar-refractivity contribution is 7.89. The molecule has 4 rings (SSSR count). The third-order valence-electron chi connectivity index (χ3n) is 6.86. The van der Waals surface area contributed by atoms with E-state index in [-0.39, 0.29) is 28.7 Å². The zero-order valence-corrected chi connectivity index (χ0v) is 19.4. The largest absolute Gasteiger partial charge is 0.340 e. The third-order valence-corrected chi connectivity index (χ3v) is 8.76. The fourth-order valence-electron chi connectivity index (χ4n) is 5.03. The molecule has 0 radical (unpaired) electrons. The van der Waals surface area contributed by atoms with Crippen LogP contribution in [0.1, 0.15) is 32.3 Å². The SMILES string of the molecule is CC(=O)N1c2ccc(S(=O)(=O)N3CCC(C(=O)N4CCN(C)CC4)CC3)cc2C[C@@H]1C. The lowest BCUT2D eigenvalue weighted by molar-refractivity contribution is -0.138. The summed E-state index contributed by atoms with van der Waals surface area (Å²) >= 11 is 0. The molecule has 0 unspecified atom stereocenters. The minimum absolute atomic E-state index is 0.0294. The Bertz CT molecular complexity index is 964. The molecule has 0 aliphatic carbocycles. The topological polar surface area (TPSA) is 81.2 Å². The Morgan fingerprint density at radius 1 is 1.00 bits per heavy atom. The number of carbonyl (C=O) groups is 2. The van der Waals surface area contributed by atoms with Gasteiger partial charge < -0.3 is 14.7 Å². The fourth-order valence-corrected chi connectivity index (χ4v) is 6.55. The van der Waals surface area contributed by atoms with E-state index < -0.39 is 10.0 Å². The molecule has 2 saturated heterocycles. The molecule has 3 aliphatic rings. The van der Waals surface area contributed by atoms with Crippen LogP contribution in [0.2, 0.25) is 0 Å². The highest BCUT2D eigenvalue weighted by atomic mass is 32.2. The van der Waals surface area contributed by atoms with Gasteiger partial charge in [-0.2, -0.15) is 4.31 Å². The first-order chi connectivity index (χ1) is 14.7. The summed E-state index contributed by atoms with van der Waals surface area (Å²) in [7, 11) is -1.56. The van der Waals surface area contributed by atoms with Gasteiger partial charge in [0.15, 0.2) is 0 Å². The molecule has 1 atom stereocenters. The number of sulfonamides is 1. The van der Waals surface area contributed by atoms with Gasteiger partial charge in [0.2, 0.25) is 21.8 Å². The molecule has 3 heterocycles. The van der Waals surface area contributed by atoms with Gasteiger partial charge >= 0.3 is 0 Å². The van der Waals surface area contributed by atoms with Gasteiger partial charge in [0.05, 0.1) is 4.90 Å². The Labute approximate surface area is 184 Å². The van der Waals surface area contributed by atoms with Crippen LogP contribution in [0.4, 0.5) is 5.69 Å². The summed E-state index contributed by atoms with van der Waals surface area (Å²) < 4.78 is 28.0. The van der Waals surface area contributed by atoms with Gasteiger partial charge in [0.25, 0.3) is 0 Å². The molecule has 8 nitrogen and oxygen atoms in total. The normalized spacial score (nSPS) is 23.8. The molecule has 170 valence electrons. The van der Waals surface area contributed by atoms with Crippen molar-refractivity contribution in [2.24, 2.45) is 5.92 Å². The first-order valence-electron chi connectivity index (χ1n) is 11.1. The van der Waals surface area contributed by atoms with Gasteiger partial charge in [0.1, 0.15) is 0 Å². The molecule has 9 heteroatoms. The lowest BCUT2D eigenvalue weighted by atomic mass is 9.96. The van der Waals surface area contributed by atoms with Crippen molar-refractivity contribution in [3.63, 3.8) is 0 Å². The lowest BCUT2D eigenvalue weighted by Crippen LogP contribution is -2.50. The molecule has 0 N–H and O–H groups in total. The summed E-state index contributed by atoms with van der Waals surface area (Å²) in [6.45, 7) is 7.49. The molecule has 2 amide bonds. The van der Waals surface area contributed by atoms with E-state index in [0.29, 0.717) is 32.4 Å². The van der Waals surface area contributed by atoms with E-state index in [9.17, 15) is 18.0 Å². The van der Waals surface area contributed by atoms with Crippen molar-refractivity contribution in [1.82, 2.24) is 14.1 Å². The van der Waals surface area contributed by atoms with Gasteiger partial charge in [-0.1, -0.05) is 0 Å². The van der Waals surface area contributed by atoms with Crippen LogP contribution >= 0.6 is 0 Å². The van der Waals surface area contributed by atoms with E-state index in [4.69, 9.17) is 0 Å². The third kappa shape index (κ3) is 4.23. The van der Waals surface area contributed by atoms with Crippen LogP contribution in [-0.2, 0) is 26.0 Å². The number of nitrogens with zero attached hydrogens (tertiary/aromatic N) is 4. The second kappa shape index (κ2) is 8.52. The Morgan fingerprint density at radius 2 is 1.65 bits per heavy atom. The Kier molecular flexibility index (Phi) is 6.11. The number of likely N-dealkylation sites (N-methyl/N-ethyl adjacent to an activating group) is 1. The summed E-state index contributed by atoms with van der Waals surface area (Å²) in [6.07, 6.45) is 1.77. The van der Waals surface area contributed by atoms with Crippen molar-refractivity contribution in [3.8, 4) is 0 Å². The lowest BCUT2D eigenvalue weighted by Gasteiger charge is -2.37. The maximum Gasteiger partial charge on any atom is 0.243 e. The van der Waals surface area contributed by atoms with Crippen LogP contribution in [0.25, 0.3) is 0 Å². The van der Waals surface area contributed by atoms with Crippen LogP contribution in [0, 0.1) is 5.92 Å². The molecule has 3 aliphatic heterocycles. The van der Waals surface area contributed by atoms with Crippen LogP contribution in [0.5, 0.6) is 0 Å². The highest BCUT2D eigenvalue weighted by Gasteiger charge is 2.36. The fraction of sp³-hybridized carbons (Fsp3) is 0.636. The number of piperidine rings is 1. The number of hydrogen-bond acceptors (Lipinski definition) is 5. The zero-order chi connectivity index (χ0) is 22.3. The van der Waals surface area contributed by atoms with E-state index in [2.05, 4.69) is 11.9 Å². The van der Waals surface area contributed by atoms with Gasteiger partial charge in [-0.25, -0.2) is 8.42 Å². The summed E-state index contributed by atoms with van der Waals surface area (Å²) in [5, 5.41) is 0. The quantitative estimate of drug-likeness (QED) is 0.693. The molecule has 31 heavy (non-hydrogen) atoms. The van der Waals surface area contributed by atoms with E-state index in [1.54, 1.807) is 23.1 Å². The summed E-state index contributed by atoms with van der Waals surface area (Å²) in [5.41, 5.74) is 1.69. The molecular weight excluding hydrogens is 416 g/mol. The van der Waals surface area contributed by atoms with Crippen molar-refractivity contribution in [3.05, 3.63) is 23.8 Å². The average Bonchev–Trinajstić information content (AvgIpc) is 3.09. The molecule has 0 aromatic heterocycles. The number of carbonyl (C=O) groups excluding carboxylic acids is 2. The number of piperazine rings is 1. The Balaban J connectivity index is 1.42. The van der Waals surface area contributed by atoms with Crippen molar-refractivity contribution in [2.45, 2.75) is 44.0 Å². The van der Waals surface area contributed by atoms with Gasteiger partial charge in [-0.05, 0) is 57.0 Å². The number of amides is 2. The molecule has 0 spiro atoms. The standard InChI is InChI=1S/C22H32N4O4S/c1-16-14-19-15-20(4-5-21(19)26(16)17(2)27)31(29,30)25-8-6-18(7-9-25)22(28)24-12-10-23(3)11-13-24/h4-5,15-16,18H,6-14H2,1-3H3/t16-/m0/s1. The van der Waals surface area contributed by atoms with E-state index >= 15 is 0 Å². The number of anilines is 1. The molecule has 0 bridgehead atoms. The van der Waals surface area contributed by atoms with Crippen LogP contribution in [-0.4, -0.2) is 86.7 Å². The minimum atomic E-state index is -3.62. The van der Waals surface area contributed by atoms with E-state index in [1.807, 2.05) is 11.8 Å². The number of fused-ring (bicyclic) bond motifs is 1. The van der Waals surface area contributed by atoms with Crippen LogP contribution < -0.4 is 4.90 Å². The smallest absolute Gasteiger partial charge is 0.243 e. The zero-order valence-electron chi connectivity index (χ0n) is 18.6. The second-order valence-electron chi connectivity index (χ2n) is 9.04. The van der Waals surface area contributed by atoms with Gasteiger partial charge in [0, 0.05) is 63.8 Å². The van der Waals surface area contributed by atoms with Crippen molar-refractivity contribution in [2.75, 3.05) is 51.2 Å². The van der Waals surface area contributed by atoms with E-state index in [1.165, 1.54) is 11.2 Å². The predicted molar refractivity (Wildman–Crippen MR) is 118 cm³/mol. The first kappa shape index (κ1) is 22.2. The van der Waals surface area contributed by atoms with Crippen molar-refractivity contribution >= 4 is 27.5 Å². The van der Waals surface area contributed by atoms with Crippen LogP contribution in [0.15, 0.2) is 23.1 Å². The van der Waals surface area contributed by atoms with E-state index in [0.717, 1.165) is 37.4 Å². The first-order valence-corrected chi connectivity index (χ1v) is 12.5. The molecule has 2 fully saturated rings. The highest BCUT2D eigenvalue weighted by Crippen LogP contribution is 2.35. The second-order valence-corrected chi connectivity index (χ2v) is 11.0. The molecular formula is C22H32N4O4S. The van der Waals surface area contributed by atoms with Gasteiger partial charge in [-0.15, -0.1) is 0 Å². The minimum Gasteiger partial charge on any atom is -0.340 e. The predicted octanol–water partition coefficient (Wildman–Crippen LogP) is 1.16. The summed E-state index contributed by atoms with van der Waals surface area (Å²) in [4.78, 5) is 30.9. The Morgan fingerprint density at radius 3 is 2.26 bits per heavy atom. The summed E-state index contributed by atoms with van der Waals surface area (Å²) in [5.74, 6) is 0.0368. The number of hydrogen-bond donors (Lipinski definition) is 0. The number of benzene rings is 1. The Hall–Kier alpha value is -1.97. The van der Waals surface area contributed by atoms with Crippen LogP contribution in [0.3, 0.4) is 0 Å². The molecule has 0 saturated carbocycles.